The molecule has 5 heteroatoms. The highest BCUT2D eigenvalue weighted by molar-refractivity contribution is 6.00. The first-order valence-electron chi connectivity index (χ1n) is 8.59. The number of ketones is 1. The summed E-state index contributed by atoms with van der Waals surface area (Å²) in [6, 6.07) is 9.20. The van der Waals surface area contributed by atoms with Crippen LogP contribution in [-0.2, 0) is 0 Å². The van der Waals surface area contributed by atoms with Gasteiger partial charge in [0.2, 0.25) is 0 Å². The smallest absolute Gasteiger partial charge is 0.253 e. The number of Topliss-reactive ketones (excluding diaryl/α,β-unsaturated/α-hetero) is 1. The molecule has 2 aliphatic rings. The number of piperidine rings is 1. The summed E-state index contributed by atoms with van der Waals surface area (Å²) in [6.07, 6.45) is 4.98. The highest BCUT2D eigenvalue weighted by Crippen LogP contribution is 2.39. The number of aryl methyl sites for hydroxylation is 1. The number of likely N-dealkylation sites (tertiary alicyclic amines) is 1. The molecule has 3 heterocycles. The Kier molecular flexibility index (Phi) is 3.79. The monoisotopic (exact) mass is 336 g/mol. The van der Waals surface area contributed by atoms with E-state index in [4.69, 9.17) is 4.74 Å². The van der Waals surface area contributed by atoms with Gasteiger partial charge in [-0.2, -0.15) is 0 Å². The zero-order chi connectivity index (χ0) is 17.4. The molecule has 128 valence electrons. The highest BCUT2D eigenvalue weighted by Gasteiger charge is 2.43. The molecule has 0 bridgehead atoms. The molecular formula is C20H20N2O3. The molecule has 1 fully saturated rings. The highest BCUT2D eigenvalue weighted by atomic mass is 16.5. The van der Waals surface area contributed by atoms with Gasteiger partial charge >= 0.3 is 0 Å². The fraction of sp³-hybridized carbons (Fsp3) is 0.350. The van der Waals surface area contributed by atoms with Crippen molar-refractivity contribution in [3.05, 3.63) is 59.4 Å². The van der Waals surface area contributed by atoms with Crippen LogP contribution in [0.4, 0.5) is 0 Å². The third-order valence-corrected chi connectivity index (χ3v) is 5.13. The van der Waals surface area contributed by atoms with Crippen molar-refractivity contribution in [2.45, 2.75) is 31.8 Å². The van der Waals surface area contributed by atoms with Gasteiger partial charge in [0.1, 0.15) is 11.4 Å². The Balaban J connectivity index is 1.49. The molecule has 1 aromatic carbocycles. The third-order valence-electron chi connectivity index (χ3n) is 5.13. The van der Waals surface area contributed by atoms with Crippen LogP contribution in [0.2, 0.25) is 0 Å². The summed E-state index contributed by atoms with van der Waals surface area (Å²) in [7, 11) is 0. The van der Waals surface area contributed by atoms with Crippen LogP contribution >= 0.6 is 0 Å². The van der Waals surface area contributed by atoms with Crippen LogP contribution in [0.3, 0.4) is 0 Å². The number of pyridine rings is 1. The number of carbonyl (C=O) groups is 2. The van der Waals surface area contributed by atoms with Gasteiger partial charge in [0.15, 0.2) is 5.78 Å². The van der Waals surface area contributed by atoms with Gasteiger partial charge in [0.05, 0.1) is 12.0 Å². The number of amides is 1. The van der Waals surface area contributed by atoms with E-state index in [-0.39, 0.29) is 11.7 Å². The van der Waals surface area contributed by atoms with Gasteiger partial charge in [-0.1, -0.05) is 11.6 Å². The molecule has 5 nitrogen and oxygen atoms in total. The van der Waals surface area contributed by atoms with E-state index in [0.717, 1.165) is 5.56 Å². The number of rotatable bonds is 1. The molecular weight excluding hydrogens is 316 g/mol. The van der Waals surface area contributed by atoms with Crippen molar-refractivity contribution in [3.8, 4) is 5.75 Å². The number of ether oxygens (including phenoxy) is 1. The molecule has 1 aromatic heterocycles. The fourth-order valence-corrected chi connectivity index (χ4v) is 3.68. The summed E-state index contributed by atoms with van der Waals surface area (Å²) in [5.74, 6) is 0.824. The van der Waals surface area contributed by atoms with Crippen LogP contribution in [0.5, 0.6) is 5.75 Å². The van der Waals surface area contributed by atoms with Crippen LogP contribution in [0.1, 0.15) is 45.5 Å². The Hall–Kier alpha value is -2.69. The van der Waals surface area contributed by atoms with Crippen molar-refractivity contribution in [2.24, 2.45) is 0 Å². The quantitative estimate of drug-likeness (QED) is 0.803. The zero-order valence-electron chi connectivity index (χ0n) is 14.2. The standard InChI is InChI=1S/C20H20N2O3/c1-14-2-3-18-16(12-14)17(23)13-20(25-18)6-10-22(11-7-20)19(24)15-4-8-21-9-5-15/h2-5,8-9,12H,6-7,10-11,13H2,1H3. The van der Waals surface area contributed by atoms with Crippen molar-refractivity contribution >= 4 is 11.7 Å². The van der Waals surface area contributed by atoms with E-state index in [9.17, 15) is 9.59 Å². The number of benzene rings is 1. The van der Waals surface area contributed by atoms with Gasteiger partial charge in [-0.05, 0) is 31.2 Å². The number of hydrogen-bond donors (Lipinski definition) is 0. The number of hydrogen-bond acceptors (Lipinski definition) is 4. The Morgan fingerprint density at radius 1 is 1.16 bits per heavy atom. The number of fused-ring (bicyclic) bond motifs is 1. The van der Waals surface area contributed by atoms with Gasteiger partial charge in [-0.3, -0.25) is 14.6 Å². The predicted molar refractivity (Wildman–Crippen MR) is 92.9 cm³/mol. The van der Waals surface area contributed by atoms with E-state index in [1.807, 2.05) is 30.0 Å². The Bertz CT molecular complexity index is 824. The molecule has 2 aliphatic heterocycles. The molecule has 1 saturated heterocycles. The lowest BCUT2D eigenvalue weighted by atomic mass is 9.82. The minimum Gasteiger partial charge on any atom is -0.486 e. The summed E-state index contributed by atoms with van der Waals surface area (Å²) in [5.41, 5.74) is 1.91. The second-order valence-corrected chi connectivity index (χ2v) is 6.91. The fourth-order valence-electron chi connectivity index (χ4n) is 3.68. The SMILES string of the molecule is Cc1ccc2c(c1)C(=O)CC1(CCN(C(=O)c3ccncc3)CC1)O2. The number of nitrogens with zero attached hydrogens (tertiary/aromatic N) is 2. The van der Waals surface area contributed by atoms with Crippen LogP contribution in [-0.4, -0.2) is 40.3 Å². The van der Waals surface area contributed by atoms with E-state index in [2.05, 4.69) is 4.98 Å². The van der Waals surface area contributed by atoms with Crippen molar-refractivity contribution in [1.29, 1.82) is 0 Å². The molecule has 1 spiro atoms. The molecule has 0 aliphatic carbocycles. The molecule has 0 saturated carbocycles. The largest absolute Gasteiger partial charge is 0.486 e. The molecule has 1 amide bonds. The molecule has 4 rings (SSSR count). The van der Waals surface area contributed by atoms with E-state index in [1.165, 1.54) is 0 Å². The first-order valence-corrected chi connectivity index (χ1v) is 8.59. The van der Waals surface area contributed by atoms with E-state index < -0.39 is 5.60 Å². The molecule has 0 N–H and O–H groups in total. The van der Waals surface area contributed by atoms with E-state index in [1.54, 1.807) is 24.5 Å². The van der Waals surface area contributed by atoms with Crippen molar-refractivity contribution < 1.29 is 14.3 Å². The summed E-state index contributed by atoms with van der Waals surface area (Å²) >= 11 is 0. The second kappa shape index (κ2) is 5.99. The third kappa shape index (κ3) is 2.90. The summed E-state index contributed by atoms with van der Waals surface area (Å²) in [4.78, 5) is 30.9. The average molecular weight is 336 g/mol. The number of aromatic nitrogens is 1. The van der Waals surface area contributed by atoms with Gasteiger partial charge in [0, 0.05) is 43.9 Å². The second-order valence-electron chi connectivity index (χ2n) is 6.91. The molecule has 0 unspecified atom stereocenters. The lowest BCUT2D eigenvalue weighted by Crippen LogP contribution is -2.52. The summed E-state index contributed by atoms with van der Waals surface area (Å²) < 4.78 is 6.25. The maximum absolute atomic E-state index is 12.6. The van der Waals surface area contributed by atoms with Crippen molar-refractivity contribution in [1.82, 2.24) is 9.88 Å². The first kappa shape index (κ1) is 15.8. The van der Waals surface area contributed by atoms with Gasteiger partial charge in [0.25, 0.3) is 5.91 Å². The summed E-state index contributed by atoms with van der Waals surface area (Å²) in [5, 5.41) is 0. The minimum atomic E-state index is -0.478. The summed E-state index contributed by atoms with van der Waals surface area (Å²) in [6.45, 7) is 3.16. The molecule has 2 aromatic rings. The predicted octanol–water partition coefficient (Wildman–Crippen LogP) is 3.03. The van der Waals surface area contributed by atoms with Crippen LogP contribution in [0, 0.1) is 6.92 Å². The zero-order valence-corrected chi connectivity index (χ0v) is 14.2. The molecule has 0 radical (unpaired) electrons. The maximum Gasteiger partial charge on any atom is 0.253 e. The van der Waals surface area contributed by atoms with Crippen LogP contribution in [0.15, 0.2) is 42.7 Å². The van der Waals surface area contributed by atoms with Gasteiger partial charge < -0.3 is 9.64 Å². The lowest BCUT2D eigenvalue weighted by Gasteiger charge is -2.44. The van der Waals surface area contributed by atoms with Gasteiger partial charge in [-0.15, -0.1) is 0 Å². The Morgan fingerprint density at radius 2 is 1.88 bits per heavy atom. The average Bonchev–Trinajstić information content (AvgIpc) is 2.63. The Morgan fingerprint density at radius 3 is 2.60 bits per heavy atom. The van der Waals surface area contributed by atoms with Crippen LogP contribution < -0.4 is 4.74 Å². The first-order chi connectivity index (χ1) is 12.1. The van der Waals surface area contributed by atoms with Crippen LogP contribution in [0.25, 0.3) is 0 Å². The molecule has 0 atom stereocenters. The number of carbonyl (C=O) groups excluding carboxylic acids is 2. The Labute approximate surface area is 146 Å². The van der Waals surface area contributed by atoms with E-state index in [0.29, 0.717) is 49.2 Å². The van der Waals surface area contributed by atoms with Gasteiger partial charge in [-0.25, -0.2) is 0 Å². The lowest BCUT2D eigenvalue weighted by molar-refractivity contribution is -0.00572. The maximum atomic E-state index is 12.6. The topological polar surface area (TPSA) is 59.5 Å². The normalized spacial score (nSPS) is 18.6. The van der Waals surface area contributed by atoms with E-state index >= 15 is 0 Å². The van der Waals surface area contributed by atoms with Crippen molar-refractivity contribution in [3.63, 3.8) is 0 Å². The minimum absolute atomic E-state index is 0.00964. The molecule has 25 heavy (non-hydrogen) atoms. The van der Waals surface area contributed by atoms with Crippen molar-refractivity contribution in [2.75, 3.05) is 13.1 Å².